The number of benzene rings is 1. The van der Waals surface area contributed by atoms with E-state index in [9.17, 15) is 4.79 Å². The number of nitrogens with zero attached hydrogens (tertiary/aromatic N) is 2. The topological polar surface area (TPSA) is 34.9 Å². The van der Waals surface area contributed by atoms with E-state index >= 15 is 0 Å². The lowest BCUT2D eigenvalue weighted by Gasteiger charge is -2.14. The van der Waals surface area contributed by atoms with Crippen molar-refractivity contribution >= 4 is 5.78 Å². The molecule has 0 N–H and O–H groups in total. The number of rotatable bonds is 1. The highest BCUT2D eigenvalue weighted by Gasteiger charge is 2.23. The first-order valence-corrected chi connectivity index (χ1v) is 5.93. The number of ketones is 1. The molecule has 0 spiro atoms. The van der Waals surface area contributed by atoms with Gasteiger partial charge in [0.25, 0.3) is 0 Å². The van der Waals surface area contributed by atoms with E-state index in [4.69, 9.17) is 0 Å². The van der Waals surface area contributed by atoms with Gasteiger partial charge < -0.3 is 0 Å². The molecule has 0 atom stereocenters. The minimum absolute atomic E-state index is 0.215. The summed E-state index contributed by atoms with van der Waals surface area (Å²) in [6.45, 7) is 2.04. The standard InChI is InChI=1S/C14H14N2O/c1-10-5-2-3-7-12(10)16-14-11(9-15-16)6-4-8-13(14)17/h2-3,5,7,9H,4,6,8H2,1H3. The van der Waals surface area contributed by atoms with E-state index in [-0.39, 0.29) is 5.78 Å². The molecule has 0 fully saturated rings. The highest BCUT2D eigenvalue weighted by atomic mass is 16.1. The predicted octanol–water partition coefficient (Wildman–Crippen LogP) is 2.70. The van der Waals surface area contributed by atoms with Gasteiger partial charge in [0, 0.05) is 12.0 Å². The molecule has 17 heavy (non-hydrogen) atoms. The van der Waals surface area contributed by atoms with Crippen LogP contribution in [0.3, 0.4) is 0 Å². The highest BCUT2D eigenvalue weighted by molar-refractivity contribution is 5.97. The Hall–Kier alpha value is -1.90. The van der Waals surface area contributed by atoms with E-state index in [0.29, 0.717) is 6.42 Å². The van der Waals surface area contributed by atoms with Crippen LogP contribution in [0.25, 0.3) is 5.69 Å². The number of Topliss-reactive ketones (excluding diaryl/α,β-unsaturated/α-hetero) is 1. The maximum absolute atomic E-state index is 12.0. The molecule has 1 aromatic heterocycles. The van der Waals surface area contributed by atoms with Crippen molar-refractivity contribution in [2.75, 3.05) is 0 Å². The first kappa shape index (κ1) is 10.3. The SMILES string of the molecule is Cc1ccccc1-n1ncc2c1C(=O)CCC2. The summed E-state index contributed by atoms with van der Waals surface area (Å²) in [5, 5.41) is 4.38. The lowest BCUT2D eigenvalue weighted by molar-refractivity contribution is 0.0965. The van der Waals surface area contributed by atoms with Crippen LogP contribution in [-0.4, -0.2) is 15.6 Å². The summed E-state index contributed by atoms with van der Waals surface area (Å²) in [5.41, 5.74) is 4.01. The third kappa shape index (κ3) is 1.58. The summed E-state index contributed by atoms with van der Waals surface area (Å²) in [4.78, 5) is 12.0. The lowest BCUT2D eigenvalue weighted by atomic mass is 9.97. The van der Waals surface area contributed by atoms with Gasteiger partial charge in [0.2, 0.25) is 0 Å². The first-order chi connectivity index (χ1) is 8.27. The Morgan fingerprint density at radius 1 is 1.24 bits per heavy atom. The molecule has 0 saturated heterocycles. The van der Waals surface area contributed by atoms with Gasteiger partial charge in [0.1, 0.15) is 5.69 Å². The zero-order valence-electron chi connectivity index (χ0n) is 9.81. The summed E-state index contributed by atoms with van der Waals surface area (Å²) in [6.07, 6.45) is 4.39. The van der Waals surface area contributed by atoms with Gasteiger partial charge in [-0.25, -0.2) is 4.68 Å². The van der Waals surface area contributed by atoms with Crippen LogP contribution in [0.4, 0.5) is 0 Å². The second kappa shape index (κ2) is 3.84. The van der Waals surface area contributed by atoms with Gasteiger partial charge in [-0.15, -0.1) is 0 Å². The number of fused-ring (bicyclic) bond motifs is 1. The van der Waals surface area contributed by atoms with Gasteiger partial charge in [-0.1, -0.05) is 18.2 Å². The minimum atomic E-state index is 0.215. The van der Waals surface area contributed by atoms with Gasteiger partial charge in [-0.3, -0.25) is 4.79 Å². The van der Waals surface area contributed by atoms with E-state index in [0.717, 1.165) is 35.3 Å². The molecule has 1 aliphatic rings. The molecule has 0 saturated carbocycles. The molecule has 1 aliphatic carbocycles. The fraction of sp³-hybridized carbons (Fsp3) is 0.286. The van der Waals surface area contributed by atoms with Crippen molar-refractivity contribution in [3.63, 3.8) is 0 Å². The number of hydrogen-bond donors (Lipinski definition) is 0. The fourth-order valence-corrected chi connectivity index (χ4v) is 2.40. The average molecular weight is 226 g/mol. The van der Waals surface area contributed by atoms with Crippen LogP contribution in [0.2, 0.25) is 0 Å². The molecule has 3 heteroatoms. The number of hydrogen-bond acceptors (Lipinski definition) is 2. The van der Waals surface area contributed by atoms with Crippen molar-refractivity contribution in [2.45, 2.75) is 26.2 Å². The van der Waals surface area contributed by atoms with Crippen LogP contribution in [0.1, 0.15) is 34.5 Å². The largest absolute Gasteiger partial charge is 0.292 e. The van der Waals surface area contributed by atoms with E-state index in [1.807, 2.05) is 37.4 Å². The van der Waals surface area contributed by atoms with Crippen LogP contribution in [0, 0.1) is 6.92 Å². The van der Waals surface area contributed by atoms with E-state index < -0.39 is 0 Å². The fourth-order valence-electron chi connectivity index (χ4n) is 2.40. The molecule has 0 amide bonds. The maximum Gasteiger partial charge on any atom is 0.181 e. The van der Waals surface area contributed by atoms with Gasteiger partial charge in [-0.05, 0) is 31.4 Å². The third-order valence-corrected chi connectivity index (χ3v) is 3.30. The Bertz CT molecular complexity index is 584. The van der Waals surface area contributed by atoms with E-state index in [2.05, 4.69) is 5.10 Å². The molecule has 0 aliphatic heterocycles. The summed E-state index contributed by atoms with van der Waals surface area (Å²) in [7, 11) is 0. The summed E-state index contributed by atoms with van der Waals surface area (Å²) in [6, 6.07) is 8.02. The van der Waals surface area contributed by atoms with Gasteiger partial charge in [0.05, 0.1) is 11.9 Å². The summed E-state index contributed by atoms with van der Waals surface area (Å²) >= 11 is 0. The van der Waals surface area contributed by atoms with E-state index in [1.165, 1.54) is 0 Å². The van der Waals surface area contributed by atoms with Gasteiger partial charge in [0.15, 0.2) is 5.78 Å². The zero-order chi connectivity index (χ0) is 11.8. The van der Waals surface area contributed by atoms with Crippen molar-refractivity contribution in [3.05, 3.63) is 47.3 Å². The Morgan fingerprint density at radius 2 is 2.06 bits per heavy atom. The first-order valence-electron chi connectivity index (χ1n) is 5.93. The second-order valence-electron chi connectivity index (χ2n) is 4.49. The minimum Gasteiger partial charge on any atom is -0.292 e. The lowest BCUT2D eigenvalue weighted by Crippen LogP contribution is -2.15. The molecule has 1 aromatic carbocycles. The van der Waals surface area contributed by atoms with Crippen molar-refractivity contribution < 1.29 is 4.79 Å². The van der Waals surface area contributed by atoms with Crippen molar-refractivity contribution in [1.29, 1.82) is 0 Å². The Balaban J connectivity index is 2.20. The predicted molar refractivity (Wildman–Crippen MR) is 65.6 cm³/mol. The van der Waals surface area contributed by atoms with Gasteiger partial charge in [-0.2, -0.15) is 5.10 Å². The normalized spacial score (nSPS) is 14.8. The maximum atomic E-state index is 12.0. The van der Waals surface area contributed by atoms with Gasteiger partial charge >= 0.3 is 0 Å². The van der Waals surface area contributed by atoms with Crippen LogP contribution >= 0.6 is 0 Å². The molecular weight excluding hydrogens is 212 g/mol. The molecular formula is C14H14N2O. The molecule has 0 unspecified atom stereocenters. The van der Waals surface area contributed by atoms with Crippen molar-refractivity contribution in [1.82, 2.24) is 9.78 Å². The molecule has 2 aromatic rings. The number of carbonyl (C=O) groups is 1. The molecule has 1 heterocycles. The average Bonchev–Trinajstić information content (AvgIpc) is 2.75. The number of aromatic nitrogens is 2. The quantitative estimate of drug-likeness (QED) is 0.749. The summed E-state index contributed by atoms with van der Waals surface area (Å²) in [5.74, 6) is 0.215. The third-order valence-electron chi connectivity index (χ3n) is 3.30. The van der Waals surface area contributed by atoms with Crippen LogP contribution in [-0.2, 0) is 6.42 Å². The highest BCUT2D eigenvalue weighted by Crippen LogP contribution is 2.24. The number of aryl methyl sites for hydroxylation is 2. The smallest absolute Gasteiger partial charge is 0.181 e. The van der Waals surface area contributed by atoms with E-state index in [1.54, 1.807) is 4.68 Å². The van der Waals surface area contributed by atoms with Crippen molar-refractivity contribution in [3.8, 4) is 5.69 Å². The molecule has 86 valence electrons. The zero-order valence-corrected chi connectivity index (χ0v) is 9.81. The van der Waals surface area contributed by atoms with Crippen molar-refractivity contribution in [2.24, 2.45) is 0 Å². The molecule has 3 rings (SSSR count). The molecule has 0 bridgehead atoms. The summed E-state index contributed by atoms with van der Waals surface area (Å²) < 4.78 is 1.80. The number of carbonyl (C=O) groups excluding carboxylic acids is 1. The van der Waals surface area contributed by atoms with Crippen LogP contribution in [0.15, 0.2) is 30.5 Å². The monoisotopic (exact) mass is 226 g/mol. The molecule has 3 nitrogen and oxygen atoms in total. The Kier molecular flexibility index (Phi) is 2.32. The molecule has 0 radical (unpaired) electrons. The Labute approximate surface area is 100 Å². The number of para-hydroxylation sites is 1. The Morgan fingerprint density at radius 3 is 2.88 bits per heavy atom. The second-order valence-corrected chi connectivity index (χ2v) is 4.49. The van der Waals surface area contributed by atoms with Crippen LogP contribution < -0.4 is 0 Å². The van der Waals surface area contributed by atoms with Crippen LogP contribution in [0.5, 0.6) is 0 Å².